The van der Waals surface area contributed by atoms with E-state index in [1.165, 1.54) is 37.7 Å². The number of hydrogen-bond donors (Lipinski definition) is 1. The van der Waals surface area contributed by atoms with Gasteiger partial charge in [-0.25, -0.2) is 0 Å². The number of hydrogen-bond acceptors (Lipinski definition) is 2. The second kappa shape index (κ2) is 7.46. The molecule has 1 aliphatic rings. The molecule has 2 rings (SSSR count). The van der Waals surface area contributed by atoms with Crippen molar-refractivity contribution in [2.45, 2.75) is 64.5 Å². The smallest absolute Gasteiger partial charge is 0.120 e. The van der Waals surface area contributed by atoms with Gasteiger partial charge >= 0.3 is 0 Å². The van der Waals surface area contributed by atoms with E-state index >= 15 is 0 Å². The van der Waals surface area contributed by atoms with Crippen LogP contribution in [0.1, 0.15) is 51.5 Å². The molecule has 3 atom stereocenters. The van der Waals surface area contributed by atoms with Crippen LogP contribution in [0, 0.1) is 5.92 Å². The molecule has 1 saturated carbocycles. The molecule has 0 saturated heterocycles. The third kappa shape index (κ3) is 4.49. The summed E-state index contributed by atoms with van der Waals surface area (Å²) in [4.78, 5) is 0. The van der Waals surface area contributed by atoms with Gasteiger partial charge in [0.2, 0.25) is 0 Å². The second-order valence-corrected chi connectivity index (χ2v) is 6.97. The van der Waals surface area contributed by atoms with Gasteiger partial charge in [0.25, 0.3) is 0 Å². The van der Waals surface area contributed by atoms with Crippen molar-refractivity contribution in [3.8, 4) is 5.75 Å². The summed E-state index contributed by atoms with van der Waals surface area (Å²) < 4.78 is 7.33. The zero-order valence-electron chi connectivity index (χ0n) is 12.6. The first-order chi connectivity index (χ1) is 9.58. The molecular formula is C17H26BrNO. The van der Waals surface area contributed by atoms with Gasteiger partial charge in [0, 0.05) is 10.5 Å². The molecule has 0 heterocycles. The van der Waals surface area contributed by atoms with Gasteiger partial charge in [-0.05, 0) is 62.3 Å². The molecule has 0 radical (unpaired) electrons. The number of rotatable bonds is 5. The number of halogens is 1. The van der Waals surface area contributed by atoms with E-state index in [2.05, 4.69) is 41.1 Å². The second-order valence-electron chi connectivity index (χ2n) is 6.12. The Balaban J connectivity index is 2.02. The lowest BCUT2D eigenvalue weighted by Crippen LogP contribution is -2.25. The highest BCUT2D eigenvalue weighted by Crippen LogP contribution is 2.31. The van der Waals surface area contributed by atoms with Gasteiger partial charge < -0.3 is 10.5 Å². The van der Waals surface area contributed by atoms with E-state index in [9.17, 15) is 0 Å². The van der Waals surface area contributed by atoms with Crippen molar-refractivity contribution in [3.05, 3.63) is 28.2 Å². The van der Waals surface area contributed by atoms with Gasteiger partial charge in [0.15, 0.2) is 0 Å². The normalized spacial score (nSPS) is 24.4. The van der Waals surface area contributed by atoms with Crippen molar-refractivity contribution in [3.63, 3.8) is 0 Å². The van der Waals surface area contributed by atoms with Crippen LogP contribution < -0.4 is 10.5 Å². The molecule has 0 amide bonds. The molecule has 0 aliphatic heterocycles. The van der Waals surface area contributed by atoms with Gasteiger partial charge in [-0.3, -0.25) is 0 Å². The largest absolute Gasteiger partial charge is 0.490 e. The average molecular weight is 340 g/mol. The maximum atomic E-state index is 6.20. The molecule has 3 heteroatoms. The number of nitrogens with two attached hydrogens (primary N) is 1. The topological polar surface area (TPSA) is 35.2 Å². The first kappa shape index (κ1) is 15.8. The average Bonchev–Trinajstić information content (AvgIpc) is 2.42. The highest BCUT2D eigenvalue weighted by molar-refractivity contribution is 9.10. The van der Waals surface area contributed by atoms with E-state index in [0.717, 1.165) is 22.6 Å². The van der Waals surface area contributed by atoms with E-state index in [4.69, 9.17) is 10.5 Å². The maximum Gasteiger partial charge on any atom is 0.120 e. The van der Waals surface area contributed by atoms with Gasteiger partial charge in [-0.15, -0.1) is 0 Å². The first-order valence-electron chi connectivity index (χ1n) is 7.79. The summed E-state index contributed by atoms with van der Waals surface area (Å²) in [7, 11) is 0. The highest BCUT2D eigenvalue weighted by Gasteiger charge is 2.22. The fraction of sp³-hybridized carbons (Fsp3) is 0.647. The molecule has 0 aromatic heterocycles. The zero-order chi connectivity index (χ0) is 14.5. The first-order valence-corrected chi connectivity index (χ1v) is 8.58. The Bertz CT molecular complexity index is 433. The van der Waals surface area contributed by atoms with Gasteiger partial charge in [-0.1, -0.05) is 35.7 Å². The third-order valence-corrected chi connectivity index (χ3v) is 4.95. The Morgan fingerprint density at radius 2 is 2.20 bits per heavy atom. The molecular weight excluding hydrogens is 314 g/mol. The predicted octanol–water partition coefficient (Wildman–Crippen LogP) is 4.69. The van der Waals surface area contributed by atoms with Crippen molar-refractivity contribution >= 4 is 15.9 Å². The van der Waals surface area contributed by atoms with Crippen molar-refractivity contribution in [2.24, 2.45) is 11.7 Å². The third-order valence-electron chi connectivity index (χ3n) is 4.17. The summed E-state index contributed by atoms with van der Waals surface area (Å²) >= 11 is 3.59. The molecule has 112 valence electrons. The molecule has 1 aromatic rings. The van der Waals surface area contributed by atoms with Gasteiger partial charge in [0.05, 0.1) is 6.10 Å². The maximum absolute atomic E-state index is 6.20. The van der Waals surface area contributed by atoms with E-state index in [1.807, 2.05) is 6.92 Å². The Kier molecular flexibility index (Phi) is 5.91. The minimum atomic E-state index is 0.167. The summed E-state index contributed by atoms with van der Waals surface area (Å²) in [6, 6.07) is 6.45. The standard InChI is InChI=1S/C17H26BrNO/c1-3-13-5-4-6-15(10-13)20-16-7-8-17(18)14(11-16)9-12(2)19/h7-8,11-13,15H,3-6,9-10,19H2,1-2H3. The highest BCUT2D eigenvalue weighted by atomic mass is 79.9. The number of benzene rings is 1. The summed E-state index contributed by atoms with van der Waals surface area (Å²) in [5.74, 6) is 1.83. The van der Waals surface area contributed by atoms with Crippen LogP contribution in [-0.2, 0) is 6.42 Å². The molecule has 3 unspecified atom stereocenters. The minimum Gasteiger partial charge on any atom is -0.490 e. The van der Waals surface area contributed by atoms with Crippen LogP contribution in [0.25, 0.3) is 0 Å². The predicted molar refractivity (Wildman–Crippen MR) is 88.2 cm³/mol. The Labute approximate surface area is 131 Å². The number of ether oxygens (including phenoxy) is 1. The molecule has 1 aliphatic carbocycles. The van der Waals surface area contributed by atoms with Crippen LogP contribution in [0.4, 0.5) is 0 Å². The molecule has 0 bridgehead atoms. The monoisotopic (exact) mass is 339 g/mol. The molecule has 1 fully saturated rings. The molecule has 1 aromatic carbocycles. The SMILES string of the molecule is CCC1CCCC(Oc2ccc(Br)c(CC(C)N)c2)C1. The lowest BCUT2D eigenvalue weighted by Gasteiger charge is -2.29. The summed E-state index contributed by atoms with van der Waals surface area (Å²) in [5, 5.41) is 0. The van der Waals surface area contributed by atoms with Crippen LogP contribution in [0.5, 0.6) is 5.75 Å². The quantitative estimate of drug-likeness (QED) is 0.844. The lowest BCUT2D eigenvalue weighted by molar-refractivity contribution is 0.122. The van der Waals surface area contributed by atoms with E-state index < -0.39 is 0 Å². The molecule has 20 heavy (non-hydrogen) atoms. The van der Waals surface area contributed by atoms with Crippen LogP contribution in [0.3, 0.4) is 0 Å². The van der Waals surface area contributed by atoms with Crippen LogP contribution in [0.2, 0.25) is 0 Å². The van der Waals surface area contributed by atoms with Crippen LogP contribution in [0.15, 0.2) is 22.7 Å². The van der Waals surface area contributed by atoms with E-state index in [1.54, 1.807) is 0 Å². The van der Waals surface area contributed by atoms with Crippen molar-refractivity contribution in [1.82, 2.24) is 0 Å². The Morgan fingerprint density at radius 3 is 2.90 bits per heavy atom. The van der Waals surface area contributed by atoms with Gasteiger partial charge in [-0.2, -0.15) is 0 Å². The molecule has 2 N–H and O–H groups in total. The summed E-state index contributed by atoms with van der Waals surface area (Å²) in [6.07, 6.45) is 7.59. The zero-order valence-corrected chi connectivity index (χ0v) is 14.2. The summed E-state index contributed by atoms with van der Waals surface area (Å²) in [6.45, 7) is 4.32. The summed E-state index contributed by atoms with van der Waals surface area (Å²) in [5.41, 5.74) is 7.14. The Hall–Kier alpha value is -0.540. The van der Waals surface area contributed by atoms with Crippen LogP contribution in [-0.4, -0.2) is 12.1 Å². The van der Waals surface area contributed by atoms with Crippen molar-refractivity contribution < 1.29 is 4.74 Å². The molecule has 0 spiro atoms. The van der Waals surface area contributed by atoms with Crippen molar-refractivity contribution in [1.29, 1.82) is 0 Å². The van der Waals surface area contributed by atoms with Gasteiger partial charge in [0.1, 0.15) is 5.75 Å². The molecule has 2 nitrogen and oxygen atoms in total. The van der Waals surface area contributed by atoms with E-state index in [-0.39, 0.29) is 6.04 Å². The van der Waals surface area contributed by atoms with E-state index in [0.29, 0.717) is 6.10 Å². The van der Waals surface area contributed by atoms with Crippen LogP contribution >= 0.6 is 15.9 Å². The fourth-order valence-electron chi connectivity index (χ4n) is 3.04. The minimum absolute atomic E-state index is 0.167. The fourth-order valence-corrected chi connectivity index (χ4v) is 3.45. The van der Waals surface area contributed by atoms with Crippen molar-refractivity contribution in [2.75, 3.05) is 0 Å². The lowest BCUT2D eigenvalue weighted by atomic mass is 9.85. The Morgan fingerprint density at radius 1 is 1.40 bits per heavy atom.